The van der Waals surface area contributed by atoms with Crippen molar-refractivity contribution in [2.24, 2.45) is 0 Å². The Bertz CT molecular complexity index is 938. The van der Waals surface area contributed by atoms with E-state index in [0.29, 0.717) is 54.7 Å². The molecule has 0 saturated carbocycles. The van der Waals surface area contributed by atoms with Crippen LogP contribution in [0.1, 0.15) is 0 Å². The third-order valence-electron chi connectivity index (χ3n) is 3.93. The molecule has 1 fully saturated rings. The van der Waals surface area contributed by atoms with E-state index >= 15 is 0 Å². The van der Waals surface area contributed by atoms with Gasteiger partial charge < -0.3 is 19.9 Å². The van der Waals surface area contributed by atoms with Crippen LogP contribution < -0.4 is 10.6 Å². The summed E-state index contributed by atoms with van der Waals surface area (Å²) >= 11 is 0. The number of ether oxygens (including phenoxy) is 1. The minimum atomic E-state index is 0.160. The maximum absolute atomic E-state index is 9.03. The molecule has 1 aliphatic rings. The maximum atomic E-state index is 9.03. The molecule has 4 heterocycles. The number of nitrogens with zero attached hydrogens (tertiary/aromatic N) is 8. The van der Waals surface area contributed by atoms with Crippen LogP contribution in [0.3, 0.4) is 0 Å². The summed E-state index contributed by atoms with van der Waals surface area (Å²) in [5.74, 6) is 0.764. The van der Waals surface area contributed by atoms with Crippen molar-refractivity contribution in [1.82, 2.24) is 29.5 Å². The van der Waals surface area contributed by atoms with Crippen molar-refractivity contribution in [2.75, 3.05) is 36.9 Å². The molecule has 2 N–H and O–H groups in total. The van der Waals surface area contributed by atoms with Gasteiger partial charge in [0.2, 0.25) is 11.9 Å². The van der Waals surface area contributed by atoms with Crippen LogP contribution in [0.25, 0.3) is 22.4 Å². The molecule has 10 nitrogen and oxygen atoms in total. The molecule has 0 radical (unpaired) electrons. The van der Waals surface area contributed by atoms with Crippen molar-refractivity contribution >= 4 is 23.1 Å². The normalized spacial score (nSPS) is 14.6. The second-order valence-corrected chi connectivity index (χ2v) is 5.50. The van der Waals surface area contributed by atoms with Gasteiger partial charge >= 0.3 is 0 Å². The van der Waals surface area contributed by atoms with E-state index < -0.39 is 0 Å². The summed E-state index contributed by atoms with van der Waals surface area (Å²) in [7, 11) is 0. The van der Waals surface area contributed by atoms with Gasteiger partial charge in [-0.3, -0.25) is 0 Å². The van der Waals surface area contributed by atoms with Crippen molar-refractivity contribution in [3.05, 3.63) is 18.7 Å². The van der Waals surface area contributed by atoms with Crippen LogP contribution in [0.5, 0.6) is 0 Å². The first-order valence-electron chi connectivity index (χ1n) is 7.76. The first kappa shape index (κ1) is 15.2. The highest BCUT2D eigenvalue weighted by Gasteiger charge is 2.20. The van der Waals surface area contributed by atoms with Gasteiger partial charge in [-0.1, -0.05) is 0 Å². The molecule has 3 aromatic rings. The van der Waals surface area contributed by atoms with E-state index in [0.717, 1.165) is 0 Å². The van der Waals surface area contributed by atoms with Crippen LogP contribution in [0, 0.1) is 11.3 Å². The van der Waals surface area contributed by atoms with Crippen molar-refractivity contribution in [3.63, 3.8) is 0 Å². The first-order chi connectivity index (χ1) is 12.3. The first-order valence-corrected chi connectivity index (χ1v) is 7.76. The van der Waals surface area contributed by atoms with Gasteiger partial charge in [0.15, 0.2) is 5.65 Å². The molecule has 0 aliphatic carbocycles. The highest BCUT2D eigenvalue weighted by atomic mass is 16.5. The van der Waals surface area contributed by atoms with Gasteiger partial charge in [-0.15, -0.1) is 0 Å². The predicted octanol–water partition coefficient (Wildman–Crippen LogP) is 0.226. The lowest BCUT2D eigenvalue weighted by Crippen LogP contribution is -2.37. The summed E-state index contributed by atoms with van der Waals surface area (Å²) in [4.78, 5) is 23.8. The van der Waals surface area contributed by atoms with Crippen LogP contribution in [0.15, 0.2) is 18.7 Å². The minimum absolute atomic E-state index is 0.160. The third kappa shape index (κ3) is 2.81. The molecule has 4 rings (SSSR count). The zero-order valence-electron chi connectivity index (χ0n) is 13.3. The molecule has 25 heavy (non-hydrogen) atoms. The summed E-state index contributed by atoms with van der Waals surface area (Å²) < 4.78 is 7.09. The standard InChI is InChI=1S/C15H15N9O/c16-1-2-24-9-20-12-11(10-7-18-14(17)19-8-10)21-15(22-13(12)24)23-3-5-25-6-4-23/h7-9H,2-6H2,(H2,17,18,19). The summed E-state index contributed by atoms with van der Waals surface area (Å²) in [5, 5.41) is 9.03. The third-order valence-corrected chi connectivity index (χ3v) is 3.93. The number of aromatic nitrogens is 6. The number of anilines is 2. The Balaban J connectivity index is 1.90. The van der Waals surface area contributed by atoms with Crippen LogP contribution in [0.2, 0.25) is 0 Å². The lowest BCUT2D eigenvalue weighted by molar-refractivity contribution is 0.122. The zero-order chi connectivity index (χ0) is 17.2. The summed E-state index contributed by atoms with van der Waals surface area (Å²) in [6.45, 7) is 2.82. The molecule has 1 saturated heterocycles. The van der Waals surface area contributed by atoms with Gasteiger partial charge in [-0.2, -0.15) is 10.2 Å². The largest absolute Gasteiger partial charge is 0.378 e. The zero-order valence-corrected chi connectivity index (χ0v) is 13.3. The molecule has 0 unspecified atom stereocenters. The Hall–Kier alpha value is -3.32. The van der Waals surface area contributed by atoms with Gasteiger partial charge in [-0.25, -0.2) is 19.9 Å². The molecule has 0 amide bonds. The van der Waals surface area contributed by atoms with Gasteiger partial charge in [0.05, 0.1) is 25.6 Å². The Morgan fingerprint density at radius 1 is 1.16 bits per heavy atom. The Labute approximate surface area is 142 Å². The van der Waals surface area contributed by atoms with Crippen LogP contribution >= 0.6 is 0 Å². The molecule has 0 bridgehead atoms. The Morgan fingerprint density at radius 2 is 1.92 bits per heavy atom. The fourth-order valence-corrected chi connectivity index (χ4v) is 2.69. The molecule has 126 valence electrons. The second kappa shape index (κ2) is 6.29. The number of morpholine rings is 1. The van der Waals surface area contributed by atoms with E-state index in [1.807, 2.05) is 4.90 Å². The molecule has 0 spiro atoms. The average Bonchev–Trinajstić information content (AvgIpc) is 3.06. The van der Waals surface area contributed by atoms with Crippen molar-refractivity contribution in [3.8, 4) is 17.3 Å². The van der Waals surface area contributed by atoms with Crippen molar-refractivity contribution < 1.29 is 4.74 Å². The van der Waals surface area contributed by atoms with Gasteiger partial charge in [-0.05, 0) is 0 Å². The number of fused-ring (bicyclic) bond motifs is 1. The lowest BCUT2D eigenvalue weighted by Gasteiger charge is -2.27. The number of nitriles is 1. The van der Waals surface area contributed by atoms with Crippen LogP contribution in [-0.2, 0) is 11.3 Å². The predicted molar refractivity (Wildman–Crippen MR) is 89.4 cm³/mol. The SMILES string of the molecule is N#CCn1cnc2c(-c3cnc(N)nc3)nc(N3CCOCC3)nc21. The average molecular weight is 337 g/mol. The number of hydrogen-bond donors (Lipinski definition) is 1. The number of nitrogen functional groups attached to an aromatic ring is 1. The summed E-state index contributed by atoms with van der Waals surface area (Å²) in [5.41, 5.74) is 8.08. The van der Waals surface area contributed by atoms with E-state index in [1.165, 1.54) is 0 Å². The Kier molecular flexibility index (Phi) is 3.83. The molecule has 1 aliphatic heterocycles. The molecular formula is C15H15N9O. The van der Waals surface area contributed by atoms with E-state index in [-0.39, 0.29) is 12.5 Å². The van der Waals surface area contributed by atoms with Gasteiger partial charge in [0.1, 0.15) is 17.8 Å². The number of hydrogen-bond acceptors (Lipinski definition) is 9. The molecule has 0 aromatic carbocycles. The number of rotatable bonds is 3. The molecule has 0 atom stereocenters. The minimum Gasteiger partial charge on any atom is -0.378 e. The summed E-state index contributed by atoms with van der Waals surface area (Å²) in [6.07, 6.45) is 4.81. The fraction of sp³-hybridized carbons (Fsp3) is 0.333. The monoisotopic (exact) mass is 337 g/mol. The second-order valence-electron chi connectivity index (χ2n) is 5.50. The topological polar surface area (TPSA) is 132 Å². The molecule has 10 heteroatoms. The maximum Gasteiger partial charge on any atom is 0.228 e. The lowest BCUT2D eigenvalue weighted by atomic mass is 10.2. The van der Waals surface area contributed by atoms with Gasteiger partial charge in [0.25, 0.3) is 0 Å². The highest BCUT2D eigenvalue weighted by molar-refractivity contribution is 5.88. The van der Waals surface area contributed by atoms with E-state index in [9.17, 15) is 0 Å². The molecular weight excluding hydrogens is 322 g/mol. The van der Waals surface area contributed by atoms with E-state index in [1.54, 1.807) is 23.3 Å². The quantitative estimate of drug-likeness (QED) is 0.713. The van der Waals surface area contributed by atoms with Crippen LogP contribution in [-0.4, -0.2) is 55.8 Å². The Morgan fingerprint density at radius 3 is 2.64 bits per heavy atom. The van der Waals surface area contributed by atoms with Crippen molar-refractivity contribution in [2.45, 2.75) is 6.54 Å². The highest BCUT2D eigenvalue weighted by Crippen LogP contribution is 2.27. The molecule has 3 aromatic heterocycles. The van der Waals surface area contributed by atoms with Crippen molar-refractivity contribution in [1.29, 1.82) is 5.26 Å². The number of imidazole rings is 1. The van der Waals surface area contributed by atoms with E-state index in [2.05, 4.69) is 31.0 Å². The van der Waals surface area contributed by atoms with Gasteiger partial charge in [0, 0.05) is 31.0 Å². The number of nitrogens with two attached hydrogens (primary N) is 1. The van der Waals surface area contributed by atoms with E-state index in [4.69, 9.17) is 15.7 Å². The smallest absolute Gasteiger partial charge is 0.228 e. The fourth-order valence-electron chi connectivity index (χ4n) is 2.69. The van der Waals surface area contributed by atoms with Crippen LogP contribution in [0.4, 0.5) is 11.9 Å². The summed E-state index contributed by atoms with van der Waals surface area (Å²) in [6, 6.07) is 2.12.